The van der Waals surface area contributed by atoms with Crippen molar-refractivity contribution in [1.29, 1.82) is 0 Å². The Hall–Kier alpha value is -1.06. The van der Waals surface area contributed by atoms with Gasteiger partial charge in [0.2, 0.25) is 5.91 Å². The second kappa shape index (κ2) is 5.98. The molecule has 114 valence electrons. The van der Waals surface area contributed by atoms with Gasteiger partial charge in [0.1, 0.15) is 0 Å². The first-order chi connectivity index (χ1) is 10.1. The van der Waals surface area contributed by atoms with Gasteiger partial charge in [-0.2, -0.15) is 0 Å². The summed E-state index contributed by atoms with van der Waals surface area (Å²) in [5.41, 5.74) is 0.639. The van der Waals surface area contributed by atoms with E-state index in [0.717, 1.165) is 31.2 Å². The van der Waals surface area contributed by atoms with Gasteiger partial charge in [0.05, 0.1) is 11.5 Å². The van der Waals surface area contributed by atoms with Crippen molar-refractivity contribution < 1.29 is 9.90 Å². The number of halogens is 1. The van der Waals surface area contributed by atoms with Crippen LogP contribution in [0, 0.1) is 5.92 Å². The highest BCUT2D eigenvalue weighted by Crippen LogP contribution is 2.48. The molecule has 3 rings (SSSR count). The lowest BCUT2D eigenvalue weighted by atomic mass is 9.94. The molecule has 0 aliphatic heterocycles. The molecule has 0 radical (unpaired) electrons. The average Bonchev–Trinajstić information content (AvgIpc) is 3.11. The number of hydrogen-bond acceptors (Lipinski definition) is 2. The number of benzene rings is 1. The second-order valence-electron chi connectivity index (χ2n) is 6.41. The highest BCUT2D eigenvalue weighted by molar-refractivity contribution is 6.30. The van der Waals surface area contributed by atoms with E-state index in [2.05, 4.69) is 5.32 Å². The Kier molecular flexibility index (Phi) is 4.23. The minimum Gasteiger partial charge on any atom is -0.391 e. The van der Waals surface area contributed by atoms with E-state index >= 15 is 0 Å². The second-order valence-corrected chi connectivity index (χ2v) is 6.85. The topological polar surface area (TPSA) is 49.3 Å². The van der Waals surface area contributed by atoms with E-state index in [4.69, 9.17) is 11.6 Å². The van der Waals surface area contributed by atoms with Crippen LogP contribution in [0.2, 0.25) is 5.02 Å². The molecule has 3 nitrogen and oxygen atoms in total. The molecule has 1 aromatic rings. The summed E-state index contributed by atoms with van der Waals surface area (Å²) in [4.78, 5) is 12.5. The molecule has 2 N–H and O–H groups in total. The third-order valence-corrected chi connectivity index (χ3v) is 5.25. The number of nitrogens with one attached hydrogen (secondary N) is 1. The number of aliphatic hydroxyl groups excluding tert-OH is 1. The van der Waals surface area contributed by atoms with Gasteiger partial charge in [0.15, 0.2) is 0 Å². The van der Waals surface area contributed by atoms with Crippen LogP contribution in [0.4, 0.5) is 0 Å². The predicted octanol–water partition coefficient (Wildman–Crippen LogP) is 3.04. The molecule has 2 aliphatic carbocycles. The Morgan fingerprint density at radius 3 is 2.48 bits per heavy atom. The van der Waals surface area contributed by atoms with Gasteiger partial charge in [-0.05, 0) is 49.3 Å². The summed E-state index contributed by atoms with van der Waals surface area (Å²) in [7, 11) is 0. The zero-order chi connectivity index (χ0) is 14.9. The van der Waals surface area contributed by atoms with Gasteiger partial charge in [-0.25, -0.2) is 0 Å². The monoisotopic (exact) mass is 307 g/mol. The Morgan fingerprint density at radius 2 is 1.90 bits per heavy atom. The SMILES string of the molecule is O=C(NCC(O)C1CCCC1)C1(c2ccc(Cl)cc2)CC1. The smallest absolute Gasteiger partial charge is 0.230 e. The Balaban J connectivity index is 1.58. The van der Waals surface area contributed by atoms with E-state index in [9.17, 15) is 9.90 Å². The van der Waals surface area contributed by atoms with Crippen molar-refractivity contribution in [3.63, 3.8) is 0 Å². The van der Waals surface area contributed by atoms with E-state index in [1.165, 1.54) is 12.8 Å². The van der Waals surface area contributed by atoms with E-state index in [0.29, 0.717) is 17.5 Å². The maximum atomic E-state index is 12.5. The number of hydrogen-bond donors (Lipinski definition) is 2. The summed E-state index contributed by atoms with van der Waals surface area (Å²) in [6, 6.07) is 7.53. The van der Waals surface area contributed by atoms with Gasteiger partial charge >= 0.3 is 0 Å². The molecule has 0 bridgehead atoms. The van der Waals surface area contributed by atoms with Crippen LogP contribution in [0.25, 0.3) is 0 Å². The Bertz CT molecular complexity index is 504. The zero-order valence-corrected chi connectivity index (χ0v) is 12.9. The maximum Gasteiger partial charge on any atom is 0.230 e. The number of aliphatic hydroxyl groups is 1. The summed E-state index contributed by atoms with van der Waals surface area (Å²) in [5.74, 6) is 0.401. The minimum absolute atomic E-state index is 0.0434. The van der Waals surface area contributed by atoms with E-state index in [1.54, 1.807) is 0 Å². The fraction of sp³-hybridized carbons (Fsp3) is 0.588. The van der Waals surface area contributed by atoms with Gasteiger partial charge in [-0.1, -0.05) is 36.6 Å². The molecule has 0 heterocycles. The zero-order valence-electron chi connectivity index (χ0n) is 12.1. The van der Waals surface area contributed by atoms with Crippen LogP contribution in [0.1, 0.15) is 44.1 Å². The third kappa shape index (κ3) is 3.09. The van der Waals surface area contributed by atoms with Crippen molar-refractivity contribution in [2.24, 2.45) is 5.92 Å². The predicted molar refractivity (Wildman–Crippen MR) is 83.3 cm³/mol. The minimum atomic E-state index is -0.405. The first kappa shape index (κ1) is 14.9. The lowest BCUT2D eigenvalue weighted by Gasteiger charge is -2.21. The van der Waals surface area contributed by atoms with Gasteiger partial charge in [0, 0.05) is 11.6 Å². The molecule has 21 heavy (non-hydrogen) atoms. The molecule has 2 aliphatic rings. The van der Waals surface area contributed by atoms with Crippen LogP contribution >= 0.6 is 11.6 Å². The molecule has 2 saturated carbocycles. The quantitative estimate of drug-likeness (QED) is 0.878. The molecular weight excluding hydrogens is 286 g/mol. The van der Waals surface area contributed by atoms with E-state index in [1.807, 2.05) is 24.3 Å². The fourth-order valence-corrected chi connectivity index (χ4v) is 3.54. The van der Waals surface area contributed by atoms with Crippen molar-refractivity contribution in [3.05, 3.63) is 34.9 Å². The molecule has 0 aromatic heterocycles. The molecular formula is C17H22ClNO2. The Labute approximate surface area is 130 Å². The molecule has 1 unspecified atom stereocenters. The number of amides is 1. The largest absolute Gasteiger partial charge is 0.391 e. The third-order valence-electron chi connectivity index (χ3n) is 5.00. The lowest BCUT2D eigenvalue weighted by molar-refractivity contribution is -0.124. The molecule has 1 aromatic carbocycles. The summed E-state index contributed by atoms with van der Waals surface area (Å²) < 4.78 is 0. The molecule has 2 fully saturated rings. The number of carbonyl (C=O) groups is 1. The van der Waals surface area contributed by atoms with Crippen LogP contribution in [-0.4, -0.2) is 23.7 Å². The van der Waals surface area contributed by atoms with Crippen molar-refractivity contribution >= 4 is 17.5 Å². The maximum absolute atomic E-state index is 12.5. The van der Waals surface area contributed by atoms with Gasteiger partial charge < -0.3 is 10.4 Å². The number of carbonyl (C=O) groups excluding carboxylic acids is 1. The average molecular weight is 308 g/mol. The van der Waals surface area contributed by atoms with Gasteiger partial charge in [-0.15, -0.1) is 0 Å². The summed E-state index contributed by atoms with van der Waals surface area (Å²) in [6.45, 7) is 0.374. The first-order valence-corrected chi connectivity index (χ1v) is 8.22. The van der Waals surface area contributed by atoms with Crippen LogP contribution in [-0.2, 0) is 10.2 Å². The summed E-state index contributed by atoms with van der Waals surface area (Å²) in [5, 5.41) is 13.8. The number of rotatable bonds is 5. The molecule has 1 amide bonds. The molecule has 0 saturated heterocycles. The van der Waals surface area contributed by atoms with Crippen molar-refractivity contribution in [1.82, 2.24) is 5.32 Å². The van der Waals surface area contributed by atoms with E-state index in [-0.39, 0.29) is 11.3 Å². The van der Waals surface area contributed by atoms with Crippen LogP contribution in [0.15, 0.2) is 24.3 Å². The fourth-order valence-electron chi connectivity index (χ4n) is 3.42. The molecule has 4 heteroatoms. The van der Waals surface area contributed by atoms with Crippen LogP contribution in [0.3, 0.4) is 0 Å². The first-order valence-electron chi connectivity index (χ1n) is 7.84. The van der Waals surface area contributed by atoms with Crippen LogP contribution in [0.5, 0.6) is 0 Å². The van der Waals surface area contributed by atoms with E-state index < -0.39 is 6.10 Å². The van der Waals surface area contributed by atoms with Crippen molar-refractivity contribution in [3.8, 4) is 0 Å². The van der Waals surface area contributed by atoms with Crippen LogP contribution < -0.4 is 5.32 Å². The molecule has 0 spiro atoms. The highest BCUT2D eigenvalue weighted by atomic mass is 35.5. The standard InChI is InChI=1S/C17H22ClNO2/c18-14-7-5-13(6-8-14)17(9-10-17)16(21)19-11-15(20)12-3-1-2-4-12/h5-8,12,15,20H,1-4,9-11H2,(H,19,21). The lowest BCUT2D eigenvalue weighted by Crippen LogP contribution is -2.41. The van der Waals surface area contributed by atoms with Crippen molar-refractivity contribution in [2.45, 2.75) is 50.0 Å². The highest BCUT2D eigenvalue weighted by Gasteiger charge is 2.51. The van der Waals surface area contributed by atoms with Crippen molar-refractivity contribution in [2.75, 3.05) is 6.54 Å². The summed E-state index contributed by atoms with van der Waals surface area (Å²) >= 11 is 5.90. The molecule has 1 atom stereocenters. The summed E-state index contributed by atoms with van der Waals surface area (Å²) in [6.07, 6.45) is 5.91. The van der Waals surface area contributed by atoms with Gasteiger partial charge in [0.25, 0.3) is 0 Å². The normalized spacial score (nSPS) is 22.0. The Morgan fingerprint density at radius 1 is 1.29 bits per heavy atom. The van der Waals surface area contributed by atoms with Gasteiger partial charge in [-0.3, -0.25) is 4.79 Å².